The van der Waals surface area contributed by atoms with Gasteiger partial charge in [-0.05, 0) is 0 Å². The van der Waals surface area contributed by atoms with Crippen LogP contribution in [0.25, 0.3) is 0 Å². The van der Waals surface area contributed by atoms with Gasteiger partial charge in [0.15, 0.2) is 0 Å². The van der Waals surface area contributed by atoms with Gasteiger partial charge >= 0.3 is 5.97 Å². The van der Waals surface area contributed by atoms with Gasteiger partial charge in [0.2, 0.25) is 0 Å². The largest absolute Gasteiger partial charge is 0.481 e. The summed E-state index contributed by atoms with van der Waals surface area (Å²) in [5, 5.41) is 16.0. The Morgan fingerprint density at radius 2 is 2.10 bits per heavy atom. The summed E-state index contributed by atoms with van der Waals surface area (Å²) in [5.41, 5.74) is 6.22. The van der Waals surface area contributed by atoms with Crippen LogP contribution in [0.4, 0.5) is 0 Å². The van der Waals surface area contributed by atoms with Gasteiger partial charge in [0.05, 0.1) is 12.5 Å². The summed E-state index contributed by atoms with van der Waals surface area (Å²) in [5.74, 6) is -2.08. The quantitative estimate of drug-likeness (QED) is 0.281. The van der Waals surface area contributed by atoms with Crippen molar-refractivity contribution in [2.24, 2.45) is 5.73 Å². The SMILES string of the molecule is N[C@H](CC(=O)O)C(=O)NO. The fourth-order valence-electron chi connectivity index (χ4n) is 0.364. The molecule has 58 valence electrons. The molecule has 0 aromatic carbocycles. The maximum absolute atomic E-state index is 10.3. The molecule has 0 fully saturated rings. The Bertz CT molecular complexity index is 146. The molecule has 6 nitrogen and oxygen atoms in total. The Hall–Kier alpha value is -1.14. The molecule has 0 bridgehead atoms. The Kier molecular flexibility index (Phi) is 3.37. The first-order valence-corrected chi connectivity index (χ1v) is 2.49. The van der Waals surface area contributed by atoms with Crippen LogP contribution in [0.15, 0.2) is 0 Å². The maximum Gasteiger partial charge on any atom is 0.305 e. The first kappa shape index (κ1) is 8.86. The van der Waals surface area contributed by atoms with E-state index >= 15 is 0 Å². The van der Waals surface area contributed by atoms with Crippen LogP contribution in [-0.2, 0) is 9.59 Å². The van der Waals surface area contributed by atoms with Crippen molar-refractivity contribution < 1.29 is 19.9 Å². The van der Waals surface area contributed by atoms with Crippen LogP contribution in [0.1, 0.15) is 6.42 Å². The van der Waals surface area contributed by atoms with Crippen LogP contribution in [0.2, 0.25) is 0 Å². The predicted octanol–water partition coefficient (Wildman–Crippen LogP) is -1.71. The topological polar surface area (TPSA) is 113 Å². The molecule has 0 saturated carbocycles. The van der Waals surface area contributed by atoms with Crippen LogP contribution in [0.5, 0.6) is 0 Å². The zero-order chi connectivity index (χ0) is 8.15. The van der Waals surface area contributed by atoms with E-state index in [2.05, 4.69) is 0 Å². The number of amides is 1. The van der Waals surface area contributed by atoms with Crippen LogP contribution in [0.3, 0.4) is 0 Å². The Morgan fingerprint density at radius 3 is 2.40 bits per heavy atom. The monoisotopic (exact) mass is 148 g/mol. The van der Waals surface area contributed by atoms with Crippen LogP contribution >= 0.6 is 0 Å². The number of hydrogen-bond donors (Lipinski definition) is 4. The molecule has 0 heterocycles. The molecule has 0 unspecified atom stereocenters. The highest BCUT2D eigenvalue weighted by Gasteiger charge is 2.15. The van der Waals surface area contributed by atoms with Crippen molar-refractivity contribution >= 4 is 11.9 Å². The molecule has 0 aromatic heterocycles. The molecule has 1 amide bonds. The fourth-order valence-corrected chi connectivity index (χ4v) is 0.364. The number of nitrogens with two attached hydrogens (primary N) is 1. The minimum atomic E-state index is -1.19. The highest BCUT2D eigenvalue weighted by molar-refractivity contribution is 5.84. The first-order chi connectivity index (χ1) is 4.57. The highest BCUT2D eigenvalue weighted by atomic mass is 16.5. The number of carbonyl (C=O) groups excluding carboxylic acids is 1. The fraction of sp³-hybridized carbons (Fsp3) is 0.500. The van der Waals surface area contributed by atoms with Gasteiger partial charge in [-0.3, -0.25) is 14.8 Å². The summed E-state index contributed by atoms with van der Waals surface area (Å²) in [7, 11) is 0. The van der Waals surface area contributed by atoms with Gasteiger partial charge in [0, 0.05) is 0 Å². The molecule has 0 aromatic rings. The third-order valence-corrected chi connectivity index (χ3v) is 0.841. The van der Waals surface area contributed by atoms with E-state index in [4.69, 9.17) is 16.0 Å². The molecule has 0 rings (SSSR count). The second-order valence-corrected chi connectivity index (χ2v) is 1.68. The maximum atomic E-state index is 10.3. The summed E-state index contributed by atoms with van der Waals surface area (Å²) in [6.07, 6.45) is -0.494. The average Bonchev–Trinajstić information content (AvgIpc) is 1.85. The number of hydrogen-bond acceptors (Lipinski definition) is 4. The van der Waals surface area contributed by atoms with E-state index in [1.165, 1.54) is 5.48 Å². The number of carboxylic acids is 1. The van der Waals surface area contributed by atoms with Crippen molar-refractivity contribution in [2.45, 2.75) is 12.5 Å². The van der Waals surface area contributed by atoms with Crippen molar-refractivity contribution in [3.8, 4) is 0 Å². The summed E-state index contributed by atoms with van der Waals surface area (Å²) in [6.45, 7) is 0. The molecule has 5 N–H and O–H groups in total. The molecule has 0 radical (unpaired) electrons. The van der Waals surface area contributed by atoms with Crippen molar-refractivity contribution in [1.29, 1.82) is 0 Å². The van der Waals surface area contributed by atoms with Gasteiger partial charge < -0.3 is 10.8 Å². The van der Waals surface area contributed by atoms with Crippen molar-refractivity contribution in [1.82, 2.24) is 5.48 Å². The number of nitrogens with one attached hydrogen (secondary N) is 1. The van der Waals surface area contributed by atoms with Crippen molar-refractivity contribution in [3.05, 3.63) is 0 Å². The number of hydroxylamine groups is 1. The van der Waals surface area contributed by atoms with E-state index in [0.717, 1.165) is 0 Å². The predicted molar refractivity (Wildman–Crippen MR) is 30.2 cm³/mol. The summed E-state index contributed by atoms with van der Waals surface area (Å²) >= 11 is 0. The number of rotatable bonds is 3. The average molecular weight is 148 g/mol. The first-order valence-electron chi connectivity index (χ1n) is 2.49. The second kappa shape index (κ2) is 3.80. The standard InChI is InChI=1S/C4H8N2O4/c5-2(1-3(7)8)4(9)6-10/h2,10H,1,5H2,(H,6,9)(H,7,8)/t2-/m1/s1. The molecular formula is C4H8N2O4. The molecule has 0 spiro atoms. The van der Waals surface area contributed by atoms with Crippen LogP contribution in [0, 0.1) is 0 Å². The molecular weight excluding hydrogens is 140 g/mol. The molecule has 0 aliphatic carbocycles. The molecule has 6 heteroatoms. The third-order valence-electron chi connectivity index (χ3n) is 0.841. The Balaban J connectivity index is 3.72. The van der Waals surface area contributed by atoms with Crippen molar-refractivity contribution in [2.75, 3.05) is 0 Å². The third kappa shape index (κ3) is 3.00. The molecule has 0 saturated heterocycles. The number of carbonyl (C=O) groups is 2. The van der Waals surface area contributed by atoms with Gasteiger partial charge in [-0.2, -0.15) is 0 Å². The van der Waals surface area contributed by atoms with Crippen molar-refractivity contribution in [3.63, 3.8) is 0 Å². The van der Waals surface area contributed by atoms with E-state index in [1.807, 2.05) is 0 Å². The Labute approximate surface area is 56.6 Å². The lowest BCUT2D eigenvalue weighted by Gasteiger charge is -2.03. The van der Waals surface area contributed by atoms with Crippen LogP contribution < -0.4 is 11.2 Å². The van der Waals surface area contributed by atoms with E-state index < -0.39 is 24.3 Å². The smallest absolute Gasteiger partial charge is 0.305 e. The number of aliphatic carboxylic acids is 1. The van der Waals surface area contributed by atoms with Crippen LogP contribution in [-0.4, -0.2) is 28.2 Å². The van der Waals surface area contributed by atoms with Gasteiger partial charge in [0.1, 0.15) is 0 Å². The zero-order valence-corrected chi connectivity index (χ0v) is 5.07. The molecule has 0 aliphatic heterocycles. The molecule has 1 atom stereocenters. The minimum absolute atomic E-state index is 0.494. The summed E-state index contributed by atoms with van der Waals surface area (Å²) < 4.78 is 0. The van der Waals surface area contributed by atoms with E-state index in [0.29, 0.717) is 0 Å². The number of carboxylic acid groups (broad SMARTS) is 1. The zero-order valence-electron chi connectivity index (χ0n) is 5.07. The minimum Gasteiger partial charge on any atom is -0.481 e. The summed E-state index contributed by atoms with van der Waals surface area (Å²) in [6, 6.07) is -1.19. The van der Waals surface area contributed by atoms with E-state index in [-0.39, 0.29) is 0 Å². The van der Waals surface area contributed by atoms with Gasteiger partial charge in [-0.25, -0.2) is 5.48 Å². The molecule has 0 aliphatic rings. The van der Waals surface area contributed by atoms with Gasteiger partial charge in [-0.15, -0.1) is 0 Å². The highest BCUT2D eigenvalue weighted by Crippen LogP contribution is 1.86. The van der Waals surface area contributed by atoms with Gasteiger partial charge in [-0.1, -0.05) is 0 Å². The lowest BCUT2D eigenvalue weighted by Crippen LogP contribution is -2.40. The molecule has 10 heavy (non-hydrogen) atoms. The van der Waals surface area contributed by atoms with E-state index in [9.17, 15) is 9.59 Å². The lowest BCUT2D eigenvalue weighted by atomic mass is 10.2. The van der Waals surface area contributed by atoms with Gasteiger partial charge in [0.25, 0.3) is 5.91 Å². The normalized spacial score (nSPS) is 12.2. The second-order valence-electron chi connectivity index (χ2n) is 1.68. The summed E-state index contributed by atoms with van der Waals surface area (Å²) in [4.78, 5) is 20.2. The Morgan fingerprint density at radius 1 is 1.60 bits per heavy atom. The lowest BCUT2D eigenvalue weighted by molar-refractivity contribution is -0.141. The van der Waals surface area contributed by atoms with E-state index in [1.54, 1.807) is 0 Å².